The average molecular weight is 338 g/mol. The van der Waals surface area contributed by atoms with E-state index in [1.54, 1.807) is 17.5 Å². The van der Waals surface area contributed by atoms with Crippen LogP contribution in [0.1, 0.15) is 15.7 Å². The predicted molar refractivity (Wildman–Crippen MR) is 88.3 cm³/mol. The van der Waals surface area contributed by atoms with E-state index in [2.05, 4.69) is 11.9 Å². The lowest BCUT2D eigenvalue weighted by atomic mass is 10.1. The standard InChI is InChI=1S/C15H13Cl2N3S/c1-9-15(10-3-5-11(16)6-4-10)19-14(21-9)7-13-18-8-12(17)20(13)2/h3-6,8H,7H2,1-2H3. The van der Waals surface area contributed by atoms with Crippen molar-refractivity contribution in [1.29, 1.82) is 0 Å². The monoisotopic (exact) mass is 337 g/mol. The summed E-state index contributed by atoms with van der Waals surface area (Å²) in [5.74, 6) is 0.913. The second-order valence-corrected chi connectivity index (χ2v) is 6.86. The minimum atomic E-state index is 0.635. The van der Waals surface area contributed by atoms with Gasteiger partial charge in [-0.25, -0.2) is 9.97 Å². The van der Waals surface area contributed by atoms with Gasteiger partial charge in [-0.3, -0.25) is 0 Å². The SMILES string of the molecule is Cc1sc(Cc2ncc(Cl)n2C)nc1-c1ccc(Cl)cc1. The predicted octanol–water partition coefficient (Wildman–Crippen LogP) is 4.75. The molecule has 0 aliphatic heterocycles. The summed E-state index contributed by atoms with van der Waals surface area (Å²) < 4.78 is 1.88. The van der Waals surface area contributed by atoms with Crippen molar-refractivity contribution >= 4 is 34.5 Å². The Morgan fingerprint density at radius 2 is 1.90 bits per heavy atom. The van der Waals surface area contributed by atoms with Crippen LogP contribution in [0, 0.1) is 6.92 Å². The summed E-state index contributed by atoms with van der Waals surface area (Å²) in [5.41, 5.74) is 2.09. The van der Waals surface area contributed by atoms with Gasteiger partial charge in [0.05, 0.1) is 18.3 Å². The van der Waals surface area contributed by atoms with Crippen LogP contribution in [0.15, 0.2) is 30.5 Å². The first-order chi connectivity index (χ1) is 10.0. The smallest absolute Gasteiger partial charge is 0.128 e. The Kier molecular flexibility index (Phi) is 4.02. The molecule has 3 rings (SSSR count). The van der Waals surface area contributed by atoms with Gasteiger partial charge in [0.15, 0.2) is 0 Å². The van der Waals surface area contributed by atoms with Crippen LogP contribution in [-0.2, 0) is 13.5 Å². The molecule has 0 aliphatic carbocycles. The minimum Gasteiger partial charge on any atom is -0.322 e. The lowest BCUT2D eigenvalue weighted by Gasteiger charge is -2.00. The number of imidazole rings is 1. The van der Waals surface area contributed by atoms with E-state index in [1.807, 2.05) is 35.9 Å². The van der Waals surface area contributed by atoms with Crippen molar-refractivity contribution in [2.75, 3.05) is 0 Å². The molecule has 0 radical (unpaired) electrons. The molecular formula is C15H13Cl2N3S. The molecule has 2 aromatic heterocycles. The number of aryl methyl sites for hydroxylation is 1. The molecule has 0 saturated heterocycles. The Morgan fingerprint density at radius 3 is 2.52 bits per heavy atom. The van der Waals surface area contributed by atoms with Crippen LogP contribution in [-0.4, -0.2) is 14.5 Å². The largest absolute Gasteiger partial charge is 0.322 e. The summed E-state index contributed by atoms with van der Waals surface area (Å²) in [7, 11) is 1.91. The van der Waals surface area contributed by atoms with Gasteiger partial charge < -0.3 is 4.57 Å². The van der Waals surface area contributed by atoms with Crippen LogP contribution in [0.4, 0.5) is 0 Å². The summed E-state index contributed by atoms with van der Waals surface area (Å²) in [6, 6.07) is 7.75. The number of halogens is 2. The zero-order chi connectivity index (χ0) is 15.0. The van der Waals surface area contributed by atoms with Crippen molar-refractivity contribution in [1.82, 2.24) is 14.5 Å². The van der Waals surface area contributed by atoms with E-state index in [-0.39, 0.29) is 0 Å². The van der Waals surface area contributed by atoms with E-state index in [0.717, 1.165) is 27.1 Å². The molecule has 0 bridgehead atoms. The first-order valence-electron chi connectivity index (χ1n) is 6.43. The average Bonchev–Trinajstić information content (AvgIpc) is 2.97. The second kappa shape index (κ2) is 5.79. The van der Waals surface area contributed by atoms with E-state index in [0.29, 0.717) is 11.6 Å². The van der Waals surface area contributed by atoms with Crippen molar-refractivity contribution in [2.24, 2.45) is 7.05 Å². The highest BCUT2D eigenvalue weighted by molar-refractivity contribution is 7.12. The van der Waals surface area contributed by atoms with Gasteiger partial charge in [0.25, 0.3) is 0 Å². The normalized spacial score (nSPS) is 11.0. The molecule has 0 N–H and O–H groups in total. The maximum atomic E-state index is 6.01. The Labute approximate surface area is 137 Å². The zero-order valence-electron chi connectivity index (χ0n) is 11.6. The molecule has 108 valence electrons. The van der Waals surface area contributed by atoms with E-state index < -0.39 is 0 Å². The second-order valence-electron chi connectivity index (χ2n) is 4.75. The van der Waals surface area contributed by atoms with Crippen LogP contribution >= 0.6 is 34.5 Å². The third-order valence-electron chi connectivity index (χ3n) is 3.30. The molecule has 0 atom stereocenters. The third kappa shape index (κ3) is 2.98. The zero-order valence-corrected chi connectivity index (χ0v) is 13.9. The lowest BCUT2D eigenvalue weighted by Crippen LogP contribution is -1.99. The van der Waals surface area contributed by atoms with E-state index >= 15 is 0 Å². The maximum Gasteiger partial charge on any atom is 0.128 e. The van der Waals surface area contributed by atoms with Crippen molar-refractivity contribution in [3.05, 3.63) is 56.3 Å². The quantitative estimate of drug-likeness (QED) is 0.690. The van der Waals surface area contributed by atoms with Crippen LogP contribution in [0.3, 0.4) is 0 Å². The minimum absolute atomic E-state index is 0.635. The van der Waals surface area contributed by atoms with Crippen LogP contribution in [0.2, 0.25) is 10.2 Å². The Balaban J connectivity index is 1.91. The van der Waals surface area contributed by atoms with E-state index in [4.69, 9.17) is 28.2 Å². The number of aromatic nitrogens is 3. The molecule has 0 spiro atoms. The number of rotatable bonds is 3. The van der Waals surface area contributed by atoms with Gasteiger partial charge in [-0.2, -0.15) is 0 Å². The van der Waals surface area contributed by atoms with E-state index in [9.17, 15) is 0 Å². The van der Waals surface area contributed by atoms with Crippen LogP contribution in [0.25, 0.3) is 11.3 Å². The van der Waals surface area contributed by atoms with Gasteiger partial charge in [-0.1, -0.05) is 35.3 Å². The Morgan fingerprint density at radius 1 is 1.19 bits per heavy atom. The van der Waals surface area contributed by atoms with Crippen LogP contribution < -0.4 is 0 Å². The van der Waals surface area contributed by atoms with Crippen molar-refractivity contribution < 1.29 is 0 Å². The number of hydrogen-bond donors (Lipinski definition) is 0. The van der Waals surface area contributed by atoms with Crippen molar-refractivity contribution in [3.8, 4) is 11.3 Å². The van der Waals surface area contributed by atoms with Gasteiger partial charge in [-0.05, 0) is 19.1 Å². The first kappa shape index (κ1) is 14.6. The van der Waals surface area contributed by atoms with Gasteiger partial charge in [0.1, 0.15) is 16.0 Å². The van der Waals surface area contributed by atoms with Crippen molar-refractivity contribution in [2.45, 2.75) is 13.3 Å². The molecule has 3 nitrogen and oxygen atoms in total. The summed E-state index contributed by atoms with van der Waals surface area (Å²) >= 11 is 13.6. The third-order valence-corrected chi connectivity index (χ3v) is 4.87. The molecule has 1 aromatic carbocycles. The molecule has 21 heavy (non-hydrogen) atoms. The number of hydrogen-bond acceptors (Lipinski definition) is 3. The number of benzene rings is 1. The maximum absolute atomic E-state index is 6.01. The molecular weight excluding hydrogens is 325 g/mol. The fraction of sp³-hybridized carbons (Fsp3) is 0.200. The van der Waals surface area contributed by atoms with Gasteiger partial charge >= 0.3 is 0 Å². The highest BCUT2D eigenvalue weighted by Crippen LogP contribution is 2.29. The molecule has 0 saturated carbocycles. The molecule has 6 heteroatoms. The van der Waals surface area contributed by atoms with E-state index in [1.165, 1.54) is 4.88 Å². The topological polar surface area (TPSA) is 30.7 Å². The van der Waals surface area contributed by atoms with Gasteiger partial charge in [0.2, 0.25) is 0 Å². The Hall–Kier alpha value is -1.36. The molecule has 3 aromatic rings. The molecule has 2 heterocycles. The molecule has 0 unspecified atom stereocenters. The fourth-order valence-corrected chi connectivity index (χ4v) is 3.35. The Bertz CT molecular complexity index is 775. The summed E-state index contributed by atoms with van der Waals surface area (Å²) in [6.45, 7) is 2.08. The number of nitrogens with zero attached hydrogens (tertiary/aromatic N) is 3. The highest BCUT2D eigenvalue weighted by Gasteiger charge is 2.13. The van der Waals surface area contributed by atoms with Gasteiger partial charge in [-0.15, -0.1) is 11.3 Å². The van der Waals surface area contributed by atoms with Crippen molar-refractivity contribution in [3.63, 3.8) is 0 Å². The summed E-state index contributed by atoms with van der Waals surface area (Å²) in [4.78, 5) is 10.2. The lowest BCUT2D eigenvalue weighted by molar-refractivity contribution is 0.820. The van der Waals surface area contributed by atoms with Gasteiger partial charge in [0, 0.05) is 22.5 Å². The first-order valence-corrected chi connectivity index (χ1v) is 8.00. The summed E-state index contributed by atoms with van der Waals surface area (Å²) in [6.07, 6.45) is 2.35. The molecule has 0 amide bonds. The molecule has 0 fully saturated rings. The summed E-state index contributed by atoms with van der Waals surface area (Å²) in [5, 5.41) is 2.40. The van der Waals surface area contributed by atoms with Crippen LogP contribution in [0.5, 0.6) is 0 Å². The fourth-order valence-electron chi connectivity index (χ4n) is 2.13. The molecule has 0 aliphatic rings. The number of thiazole rings is 1. The highest BCUT2D eigenvalue weighted by atomic mass is 35.5.